The summed E-state index contributed by atoms with van der Waals surface area (Å²) < 4.78 is 2.45. The molecule has 0 atom stereocenters. The molecule has 0 fully saturated rings. The van der Waals surface area contributed by atoms with Crippen LogP contribution >= 0.6 is 15.9 Å². The Morgan fingerprint density at radius 3 is 2.83 bits per heavy atom. The van der Waals surface area contributed by atoms with Gasteiger partial charge in [0.05, 0.1) is 16.7 Å². The Morgan fingerprint density at radius 2 is 2.17 bits per heavy atom. The number of halogens is 1. The van der Waals surface area contributed by atoms with E-state index in [2.05, 4.69) is 25.9 Å². The maximum atomic E-state index is 11.9. The molecular weight excluding hydrogens is 296 g/mol. The molecule has 94 valence electrons. The average molecular weight is 309 g/mol. The van der Waals surface area contributed by atoms with Crippen molar-refractivity contribution in [3.63, 3.8) is 0 Å². The van der Waals surface area contributed by atoms with E-state index in [0.29, 0.717) is 18.1 Å². The van der Waals surface area contributed by atoms with Crippen LogP contribution in [0.3, 0.4) is 0 Å². The largest absolute Gasteiger partial charge is 0.384 e. The van der Waals surface area contributed by atoms with Crippen LogP contribution in [0, 0.1) is 13.8 Å². The number of nitrogens with zero attached hydrogens (tertiary/aromatic N) is 3. The maximum absolute atomic E-state index is 11.9. The molecule has 2 aromatic rings. The Bertz CT molecular complexity index is 651. The summed E-state index contributed by atoms with van der Waals surface area (Å²) in [5.41, 5.74) is 7.83. The predicted octanol–water partition coefficient (Wildman–Crippen LogP) is 1.65. The van der Waals surface area contributed by atoms with E-state index < -0.39 is 0 Å². The van der Waals surface area contributed by atoms with Gasteiger partial charge in [0.25, 0.3) is 0 Å². The van der Waals surface area contributed by atoms with Gasteiger partial charge < -0.3 is 5.73 Å². The number of nitrogens with two attached hydrogens (primary N) is 1. The number of aryl methyl sites for hydroxylation is 1. The number of rotatable bonds is 2. The molecule has 0 spiro atoms. The molecule has 0 aliphatic heterocycles. The van der Waals surface area contributed by atoms with Gasteiger partial charge in [-0.3, -0.25) is 4.57 Å². The third-order valence-corrected chi connectivity index (χ3v) is 3.87. The van der Waals surface area contributed by atoms with Gasteiger partial charge in [-0.15, -0.1) is 0 Å². The molecule has 0 aliphatic rings. The fourth-order valence-corrected chi connectivity index (χ4v) is 2.04. The van der Waals surface area contributed by atoms with Crippen molar-refractivity contribution in [3.8, 4) is 0 Å². The normalized spacial score (nSPS) is 10.6. The van der Waals surface area contributed by atoms with E-state index >= 15 is 0 Å². The zero-order chi connectivity index (χ0) is 13.3. The van der Waals surface area contributed by atoms with Crippen LogP contribution in [0.5, 0.6) is 0 Å². The molecule has 0 unspecified atom stereocenters. The van der Waals surface area contributed by atoms with E-state index in [-0.39, 0.29) is 5.69 Å². The molecule has 0 saturated carbocycles. The molecule has 2 aromatic heterocycles. The lowest BCUT2D eigenvalue weighted by Crippen LogP contribution is -2.27. The second-order valence-electron chi connectivity index (χ2n) is 4.05. The van der Waals surface area contributed by atoms with Gasteiger partial charge in [-0.1, -0.05) is 0 Å². The van der Waals surface area contributed by atoms with Crippen LogP contribution < -0.4 is 11.4 Å². The van der Waals surface area contributed by atoms with E-state index in [4.69, 9.17) is 5.73 Å². The molecule has 2 rings (SSSR count). The molecule has 18 heavy (non-hydrogen) atoms. The summed E-state index contributed by atoms with van der Waals surface area (Å²) in [4.78, 5) is 19.8. The summed E-state index contributed by atoms with van der Waals surface area (Å²) in [5, 5.41) is 0. The minimum absolute atomic E-state index is 0.261. The van der Waals surface area contributed by atoms with Gasteiger partial charge in [0.1, 0.15) is 5.82 Å². The van der Waals surface area contributed by atoms with Crippen molar-refractivity contribution < 1.29 is 0 Å². The van der Waals surface area contributed by atoms with Crippen LogP contribution in [-0.4, -0.2) is 14.5 Å². The van der Waals surface area contributed by atoms with E-state index in [1.807, 2.05) is 13.0 Å². The lowest BCUT2D eigenvalue weighted by molar-refractivity contribution is 0.688. The Kier molecular flexibility index (Phi) is 3.47. The van der Waals surface area contributed by atoms with Gasteiger partial charge >= 0.3 is 5.69 Å². The fraction of sp³-hybridized carbons (Fsp3) is 0.250. The second-order valence-corrected chi connectivity index (χ2v) is 4.85. The van der Waals surface area contributed by atoms with Gasteiger partial charge in [0, 0.05) is 11.9 Å². The summed E-state index contributed by atoms with van der Waals surface area (Å²) in [6.45, 7) is 4.11. The maximum Gasteiger partial charge on any atom is 0.348 e. The molecule has 0 radical (unpaired) electrons. The number of nitrogen functional groups attached to an aromatic ring is 1. The molecule has 0 bridgehead atoms. The van der Waals surface area contributed by atoms with Crippen LogP contribution in [0.25, 0.3) is 0 Å². The molecule has 5 nitrogen and oxygen atoms in total. The van der Waals surface area contributed by atoms with E-state index in [1.54, 1.807) is 23.8 Å². The second kappa shape index (κ2) is 4.89. The Morgan fingerprint density at radius 1 is 1.44 bits per heavy atom. The first-order valence-corrected chi connectivity index (χ1v) is 6.22. The summed E-state index contributed by atoms with van der Waals surface area (Å²) in [5.74, 6) is 0.442. The van der Waals surface area contributed by atoms with Crippen LogP contribution in [0.15, 0.2) is 27.6 Å². The zero-order valence-corrected chi connectivity index (χ0v) is 11.7. The highest BCUT2D eigenvalue weighted by atomic mass is 79.9. The van der Waals surface area contributed by atoms with E-state index in [9.17, 15) is 4.79 Å². The van der Waals surface area contributed by atoms with Gasteiger partial charge in [-0.2, -0.15) is 4.98 Å². The molecule has 0 amide bonds. The van der Waals surface area contributed by atoms with Crippen molar-refractivity contribution >= 4 is 21.7 Å². The molecule has 2 heterocycles. The molecule has 0 aliphatic carbocycles. The topological polar surface area (TPSA) is 73.8 Å². The van der Waals surface area contributed by atoms with E-state index in [1.165, 1.54) is 0 Å². The first kappa shape index (κ1) is 12.8. The lowest BCUT2D eigenvalue weighted by Gasteiger charge is -2.12. The zero-order valence-electron chi connectivity index (χ0n) is 10.1. The highest BCUT2D eigenvalue weighted by Gasteiger charge is 2.09. The standard InChI is InChI=1S/C12H13BrN4O/c1-7-11(13)8(2)17(12(18)16-7)6-9-3-4-15-10(14)5-9/h3-5H,6H2,1-2H3,(H2,14,15). The predicted molar refractivity (Wildman–Crippen MR) is 73.4 cm³/mol. The summed E-state index contributed by atoms with van der Waals surface area (Å²) >= 11 is 3.43. The first-order chi connectivity index (χ1) is 8.49. The number of pyridine rings is 1. The Balaban J connectivity index is 2.47. The molecule has 6 heteroatoms. The first-order valence-electron chi connectivity index (χ1n) is 5.43. The van der Waals surface area contributed by atoms with Crippen LogP contribution in [0.4, 0.5) is 5.82 Å². The smallest absolute Gasteiger partial charge is 0.348 e. The molecule has 0 saturated heterocycles. The SMILES string of the molecule is Cc1nc(=O)n(Cc2ccnc(N)c2)c(C)c1Br. The summed E-state index contributed by atoms with van der Waals surface area (Å²) in [7, 11) is 0. The van der Waals surface area contributed by atoms with E-state index in [0.717, 1.165) is 15.7 Å². The highest BCUT2D eigenvalue weighted by Crippen LogP contribution is 2.17. The van der Waals surface area contributed by atoms with Gasteiger partial charge in [0.2, 0.25) is 0 Å². The molecular formula is C12H13BrN4O. The van der Waals surface area contributed by atoms with Crippen molar-refractivity contribution in [2.75, 3.05) is 5.73 Å². The van der Waals surface area contributed by atoms with Crippen molar-refractivity contribution in [1.82, 2.24) is 14.5 Å². The highest BCUT2D eigenvalue weighted by molar-refractivity contribution is 9.10. The molecule has 2 N–H and O–H groups in total. The third-order valence-electron chi connectivity index (χ3n) is 2.72. The quantitative estimate of drug-likeness (QED) is 0.915. The third kappa shape index (κ3) is 2.43. The number of hydrogen-bond acceptors (Lipinski definition) is 4. The molecule has 0 aromatic carbocycles. The lowest BCUT2D eigenvalue weighted by atomic mass is 10.2. The van der Waals surface area contributed by atoms with Gasteiger partial charge in [-0.05, 0) is 47.5 Å². The van der Waals surface area contributed by atoms with Crippen molar-refractivity contribution in [2.24, 2.45) is 0 Å². The number of anilines is 1. The fourth-order valence-electron chi connectivity index (χ4n) is 1.74. The van der Waals surface area contributed by atoms with Crippen LogP contribution in [0.2, 0.25) is 0 Å². The average Bonchev–Trinajstić information content (AvgIpc) is 2.32. The number of aromatic nitrogens is 3. The minimum Gasteiger partial charge on any atom is -0.384 e. The summed E-state index contributed by atoms with van der Waals surface area (Å²) in [6.07, 6.45) is 1.63. The van der Waals surface area contributed by atoms with Crippen molar-refractivity contribution in [3.05, 3.63) is 50.2 Å². The minimum atomic E-state index is -0.261. The van der Waals surface area contributed by atoms with Crippen molar-refractivity contribution in [1.29, 1.82) is 0 Å². The van der Waals surface area contributed by atoms with Gasteiger partial charge in [-0.25, -0.2) is 9.78 Å². The summed E-state index contributed by atoms with van der Waals surface area (Å²) in [6, 6.07) is 3.58. The van der Waals surface area contributed by atoms with Crippen molar-refractivity contribution in [2.45, 2.75) is 20.4 Å². The monoisotopic (exact) mass is 308 g/mol. The Hall–Kier alpha value is -1.69. The van der Waals surface area contributed by atoms with Gasteiger partial charge in [0.15, 0.2) is 0 Å². The Labute approximate surface area is 113 Å². The van der Waals surface area contributed by atoms with Crippen LogP contribution in [-0.2, 0) is 6.54 Å². The van der Waals surface area contributed by atoms with Crippen LogP contribution in [0.1, 0.15) is 17.0 Å². The number of hydrogen-bond donors (Lipinski definition) is 1.